The molecule has 0 radical (unpaired) electrons. The molecule has 0 aliphatic carbocycles. The minimum absolute atomic E-state index is 0.957. The first kappa shape index (κ1) is 37.2. The maximum Gasteiger partial charge on any atom is 0.0701 e. The van der Waals surface area contributed by atoms with Crippen molar-refractivity contribution in [1.29, 1.82) is 0 Å². The summed E-state index contributed by atoms with van der Waals surface area (Å²) in [6.07, 6.45) is 3.70. The SMILES string of the molecule is c1ccc(N(c2ccc(-n3c4ccccc4c4ccccc43)cc2)c2ccc3c(-c4ccc(-c5ccccn5)cc4)c4ccccc4c(-c4ccc(-c5ccccn5)cc4)c3c2)cc1. The van der Waals surface area contributed by atoms with Crippen LogP contribution in [0.5, 0.6) is 0 Å². The molecule has 0 saturated heterocycles. The topological polar surface area (TPSA) is 34.0 Å². The summed E-state index contributed by atoms with van der Waals surface area (Å²) in [6, 6.07) is 82.8. The van der Waals surface area contributed by atoms with E-state index in [1.807, 2.05) is 36.7 Å². The van der Waals surface area contributed by atoms with Crippen LogP contribution in [-0.2, 0) is 0 Å². The molecule has 0 aliphatic heterocycles. The third kappa shape index (κ3) is 6.40. The van der Waals surface area contributed by atoms with Gasteiger partial charge in [-0.3, -0.25) is 9.97 Å². The second kappa shape index (κ2) is 15.7. The van der Waals surface area contributed by atoms with Crippen molar-refractivity contribution >= 4 is 60.4 Å². The Morgan fingerprint density at radius 2 is 0.719 bits per heavy atom. The van der Waals surface area contributed by atoms with Crippen molar-refractivity contribution in [2.24, 2.45) is 0 Å². The van der Waals surface area contributed by atoms with Gasteiger partial charge in [0.05, 0.1) is 22.4 Å². The molecule has 12 rings (SSSR count). The number of aromatic nitrogens is 3. The lowest BCUT2D eigenvalue weighted by Crippen LogP contribution is -2.10. The van der Waals surface area contributed by atoms with E-state index in [0.29, 0.717) is 0 Å². The van der Waals surface area contributed by atoms with Gasteiger partial charge < -0.3 is 9.47 Å². The molecule has 0 amide bonds. The van der Waals surface area contributed by atoms with Gasteiger partial charge in [0.15, 0.2) is 0 Å². The van der Waals surface area contributed by atoms with Gasteiger partial charge in [-0.25, -0.2) is 0 Å². The molecule has 12 aromatic rings. The summed E-state index contributed by atoms with van der Waals surface area (Å²) in [5.41, 5.74) is 15.5. The predicted octanol–water partition coefficient (Wildman–Crippen LogP) is 16.0. The minimum atomic E-state index is 0.957. The van der Waals surface area contributed by atoms with Gasteiger partial charge >= 0.3 is 0 Å². The van der Waals surface area contributed by atoms with Gasteiger partial charge in [0.25, 0.3) is 0 Å². The Morgan fingerprint density at radius 3 is 1.25 bits per heavy atom. The normalized spacial score (nSPS) is 11.4. The molecule has 9 aromatic carbocycles. The highest BCUT2D eigenvalue weighted by Gasteiger charge is 2.21. The Labute approximate surface area is 371 Å². The van der Waals surface area contributed by atoms with Crippen molar-refractivity contribution in [3.63, 3.8) is 0 Å². The smallest absolute Gasteiger partial charge is 0.0701 e. The Morgan fingerprint density at radius 1 is 0.297 bits per heavy atom. The highest BCUT2D eigenvalue weighted by atomic mass is 15.1. The van der Waals surface area contributed by atoms with Gasteiger partial charge in [-0.1, -0.05) is 146 Å². The molecule has 4 nitrogen and oxygen atoms in total. The van der Waals surface area contributed by atoms with E-state index >= 15 is 0 Å². The van der Waals surface area contributed by atoms with E-state index in [1.54, 1.807) is 0 Å². The summed E-state index contributed by atoms with van der Waals surface area (Å²) in [7, 11) is 0. The van der Waals surface area contributed by atoms with E-state index in [0.717, 1.165) is 56.4 Å². The number of fused-ring (bicyclic) bond motifs is 5. The lowest BCUT2D eigenvalue weighted by Gasteiger charge is -2.27. The lowest BCUT2D eigenvalue weighted by molar-refractivity contribution is 1.17. The Kier molecular flexibility index (Phi) is 9.12. The standard InChI is InChI=1S/C60H40N4/c1-2-14-45(15-3-1)63(46-32-34-47(35-33-46)64-57-22-8-6-16-49(57)50-17-7-9-23-58(50)64)48-36-37-53-54(40-48)60(44-30-26-42(27-31-44)56-21-11-13-39-62-56)52-19-5-4-18-51(52)59(53)43-28-24-41(25-29-43)55-20-10-12-38-61-55/h1-40H. The number of pyridine rings is 2. The fourth-order valence-electron chi connectivity index (χ4n) is 9.59. The van der Waals surface area contributed by atoms with Crippen molar-refractivity contribution in [2.45, 2.75) is 0 Å². The van der Waals surface area contributed by atoms with E-state index < -0.39 is 0 Å². The molecule has 0 bridgehead atoms. The van der Waals surface area contributed by atoms with Crippen LogP contribution in [-0.4, -0.2) is 14.5 Å². The molecule has 4 heteroatoms. The van der Waals surface area contributed by atoms with Crippen LogP contribution in [0.1, 0.15) is 0 Å². The second-order valence-electron chi connectivity index (χ2n) is 16.2. The summed E-state index contributed by atoms with van der Waals surface area (Å²) in [5, 5.41) is 7.27. The van der Waals surface area contributed by atoms with E-state index in [-0.39, 0.29) is 0 Å². The van der Waals surface area contributed by atoms with Gasteiger partial charge in [0, 0.05) is 57.0 Å². The summed E-state index contributed by atoms with van der Waals surface area (Å²) in [6.45, 7) is 0. The molecule has 0 aliphatic rings. The highest BCUT2D eigenvalue weighted by molar-refractivity contribution is 6.22. The quantitative estimate of drug-likeness (QED) is 0.143. The Hall–Kier alpha value is -8.60. The predicted molar refractivity (Wildman–Crippen MR) is 268 cm³/mol. The Balaban J connectivity index is 1.06. The van der Waals surface area contributed by atoms with Crippen molar-refractivity contribution in [3.8, 4) is 50.5 Å². The van der Waals surface area contributed by atoms with Gasteiger partial charge in [0.2, 0.25) is 0 Å². The van der Waals surface area contributed by atoms with Crippen LogP contribution in [0.15, 0.2) is 243 Å². The first-order valence-electron chi connectivity index (χ1n) is 21.7. The zero-order chi connectivity index (χ0) is 42.4. The number of rotatable bonds is 8. The van der Waals surface area contributed by atoms with E-state index in [1.165, 1.54) is 54.5 Å². The molecule has 3 aromatic heterocycles. The van der Waals surface area contributed by atoms with Crippen LogP contribution in [0, 0.1) is 0 Å². The summed E-state index contributed by atoms with van der Waals surface area (Å²) >= 11 is 0. The van der Waals surface area contributed by atoms with Crippen molar-refractivity contribution < 1.29 is 0 Å². The maximum atomic E-state index is 4.65. The average molecular weight is 817 g/mol. The second-order valence-corrected chi connectivity index (χ2v) is 16.2. The van der Waals surface area contributed by atoms with Gasteiger partial charge in [0.1, 0.15) is 0 Å². The fraction of sp³-hybridized carbons (Fsp3) is 0. The van der Waals surface area contributed by atoms with E-state index in [2.05, 4.69) is 226 Å². The van der Waals surface area contributed by atoms with Crippen molar-refractivity contribution in [2.75, 3.05) is 4.90 Å². The van der Waals surface area contributed by atoms with Crippen LogP contribution < -0.4 is 4.90 Å². The molecule has 64 heavy (non-hydrogen) atoms. The minimum Gasteiger partial charge on any atom is -0.310 e. The van der Waals surface area contributed by atoms with Crippen LogP contribution in [0.4, 0.5) is 17.1 Å². The molecule has 0 N–H and O–H groups in total. The van der Waals surface area contributed by atoms with Crippen LogP contribution in [0.25, 0.3) is 93.8 Å². The number of hydrogen-bond donors (Lipinski definition) is 0. The molecule has 0 unspecified atom stereocenters. The van der Waals surface area contributed by atoms with Gasteiger partial charge in [-0.2, -0.15) is 0 Å². The molecular formula is C60H40N4. The fourth-order valence-corrected chi connectivity index (χ4v) is 9.59. The number of para-hydroxylation sites is 3. The van der Waals surface area contributed by atoms with Crippen LogP contribution in [0.2, 0.25) is 0 Å². The van der Waals surface area contributed by atoms with E-state index in [9.17, 15) is 0 Å². The summed E-state index contributed by atoms with van der Waals surface area (Å²) in [5.74, 6) is 0. The maximum absolute atomic E-state index is 4.65. The lowest BCUT2D eigenvalue weighted by atomic mass is 9.85. The first-order chi connectivity index (χ1) is 31.8. The first-order valence-corrected chi connectivity index (χ1v) is 21.7. The van der Waals surface area contributed by atoms with Crippen molar-refractivity contribution in [1.82, 2.24) is 14.5 Å². The average Bonchev–Trinajstić information content (AvgIpc) is 3.71. The van der Waals surface area contributed by atoms with E-state index in [4.69, 9.17) is 0 Å². The third-order valence-electron chi connectivity index (χ3n) is 12.5. The van der Waals surface area contributed by atoms with Gasteiger partial charge in [-0.05, 0) is 129 Å². The summed E-state index contributed by atoms with van der Waals surface area (Å²) in [4.78, 5) is 11.7. The number of nitrogens with zero attached hydrogens (tertiary/aromatic N) is 4. The molecule has 0 saturated carbocycles. The molecule has 3 heterocycles. The molecule has 0 spiro atoms. The largest absolute Gasteiger partial charge is 0.310 e. The molecule has 300 valence electrons. The number of anilines is 3. The monoisotopic (exact) mass is 816 g/mol. The molecular weight excluding hydrogens is 777 g/mol. The summed E-state index contributed by atoms with van der Waals surface area (Å²) < 4.78 is 2.37. The number of benzene rings is 9. The zero-order valence-corrected chi connectivity index (χ0v) is 34.9. The molecule has 0 atom stereocenters. The Bertz CT molecular complexity index is 3570. The number of hydrogen-bond acceptors (Lipinski definition) is 3. The van der Waals surface area contributed by atoms with Crippen LogP contribution in [0.3, 0.4) is 0 Å². The third-order valence-corrected chi connectivity index (χ3v) is 12.5. The highest BCUT2D eigenvalue weighted by Crippen LogP contribution is 2.47. The zero-order valence-electron chi connectivity index (χ0n) is 34.9. The van der Waals surface area contributed by atoms with Gasteiger partial charge in [-0.15, -0.1) is 0 Å². The molecule has 0 fully saturated rings. The van der Waals surface area contributed by atoms with Crippen molar-refractivity contribution in [3.05, 3.63) is 243 Å². The van der Waals surface area contributed by atoms with Crippen LogP contribution >= 0.6 is 0 Å².